The lowest BCUT2D eigenvalue weighted by atomic mass is 9.72. The fourth-order valence-corrected chi connectivity index (χ4v) is 4.96. The number of hydrogen-bond donors (Lipinski definition) is 1. The van der Waals surface area contributed by atoms with Crippen molar-refractivity contribution in [1.82, 2.24) is 5.32 Å². The van der Waals surface area contributed by atoms with E-state index in [2.05, 4.69) is 47.3 Å². The summed E-state index contributed by atoms with van der Waals surface area (Å²) < 4.78 is 10.3. The first-order valence-electron chi connectivity index (χ1n) is 12.3. The van der Waals surface area contributed by atoms with Gasteiger partial charge in [0.05, 0.1) is 24.4 Å². The van der Waals surface area contributed by atoms with Crippen LogP contribution < -0.4 is 5.32 Å². The number of nitrogens with one attached hydrogen (secondary N) is 1. The lowest BCUT2D eigenvalue weighted by Gasteiger charge is -2.37. The van der Waals surface area contributed by atoms with Gasteiger partial charge in [-0.05, 0) is 75.5 Å². The molecule has 6 nitrogen and oxygen atoms in total. The molecule has 1 aliphatic rings. The van der Waals surface area contributed by atoms with Crippen LogP contribution in [0.15, 0.2) is 65.3 Å². The van der Waals surface area contributed by atoms with Crippen LogP contribution >= 0.6 is 11.6 Å². The molecule has 1 aromatic carbocycles. The molecule has 1 aliphatic carbocycles. The van der Waals surface area contributed by atoms with Gasteiger partial charge in [0.1, 0.15) is 10.8 Å². The Bertz CT molecular complexity index is 1070. The molecule has 0 bridgehead atoms. The molecule has 1 N–H and O–H groups in total. The van der Waals surface area contributed by atoms with E-state index >= 15 is 0 Å². The summed E-state index contributed by atoms with van der Waals surface area (Å²) in [6.45, 7) is 17.5. The number of carbonyl (C=O) groups is 2. The maximum absolute atomic E-state index is 12.8. The summed E-state index contributed by atoms with van der Waals surface area (Å²) >= 11 is 6.23. The lowest BCUT2D eigenvalue weighted by molar-refractivity contribution is -0.135. The van der Waals surface area contributed by atoms with Crippen molar-refractivity contribution in [2.75, 3.05) is 7.11 Å². The van der Waals surface area contributed by atoms with Crippen LogP contribution in [0, 0.1) is 5.41 Å². The van der Waals surface area contributed by atoms with Crippen LogP contribution in [0.4, 0.5) is 4.79 Å². The number of esters is 1. The Labute approximate surface area is 220 Å². The first-order valence-corrected chi connectivity index (χ1v) is 12.7. The maximum Gasteiger partial charge on any atom is 0.408 e. The average Bonchev–Trinajstić information content (AvgIpc) is 3.11. The number of benzene rings is 1. The molecule has 2 atom stereocenters. The van der Waals surface area contributed by atoms with Gasteiger partial charge in [-0.15, -0.1) is 0 Å². The van der Waals surface area contributed by atoms with Gasteiger partial charge in [0.15, 0.2) is 0 Å². The molecule has 196 valence electrons. The van der Waals surface area contributed by atoms with E-state index in [-0.39, 0.29) is 22.2 Å². The highest BCUT2D eigenvalue weighted by atomic mass is 35.5. The number of allylic oxidation sites excluding steroid dienone is 2. The molecule has 2 rings (SSSR count). The van der Waals surface area contributed by atoms with Crippen molar-refractivity contribution in [1.29, 1.82) is 0 Å². The van der Waals surface area contributed by atoms with Gasteiger partial charge in [0.2, 0.25) is 0 Å². The van der Waals surface area contributed by atoms with E-state index in [1.54, 1.807) is 0 Å². The zero-order valence-corrected chi connectivity index (χ0v) is 23.1. The number of methoxy groups -OCH3 is 1. The Morgan fingerprint density at radius 2 is 1.92 bits per heavy atom. The molecule has 1 unspecified atom stereocenters. The number of fused-ring (bicyclic) bond motifs is 1. The van der Waals surface area contributed by atoms with Gasteiger partial charge in [0, 0.05) is 0 Å². The molecule has 1 amide bonds. The van der Waals surface area contributed by atoms with Gasteiger partial charge in [-0.25, -0.2) is 14.6 Å². The van der Waals surface area contributed by atoms with Crippen LogP contribution in [0.3, 0.4) is 0 Å². The number of carbonyl (C=O) groups excluding carboxylic acids is 2. The minimum Gasteiger partial charge on any atom is -0.465 e. The molecule has 36 heavy (non-hydrogen) atoms. The Morgan fingerprint density at radius 1 is 1.25 bits per heavy atom. The van der Waals surface area contributed by atoms with Crippen LogP contribution in [-0.2, 0) is 20.7 Å². The number of alkyl carbamates (subject to hydrolysis) is 1. The number of hydrogen-bond acceptors (Lipinski definition) is 5. The summed E-state index contributed by atoms with van der Waals surface area (Å²) in [5.74, 6) is -0.633. The van der Waals surface area contributed by atoms with Gasteiger partial charge in [-0.1, -0.05) is 68.4 Å². The van der Waals surface area contributed by atoms with Gasteiger partial charge < -0.3 is 14.8 Å². The van der Waals surface area contributed by atoms with Crippen molar-refractivity contribution in [3.05, 3.63) is 71.5 Å². The van der Waals surface area contributed by atoms with Gasteiger partial charge in [-0.3, -0.25) is 0 Å². The number of ether oxygens (including phenoxy) is 2. The molecule has 0 radical (unpaired) electrons. The highest BCUT2D eigenvalue weighted by Gasteiger charge is 2.46. The van der Waals surface area contributed by atoms with Crippen LogP contribution in [0.25, 0.3) is 0 Å². The minimum atomic E-state index is -0.633. The summed E-state index contributed by atoms with van der Waals surface area (Å²) in [5, 5.41) is 3.15. The van der Waals surface area contributed by atoms with E-state index in [1.807, 2.05) is 45.9 Å². The van der Waals surface area contributed by atoms with Crippen molar-refractivity contribution >= 4 is 28.8 Å². The zero-order valence-electron chi connectivity index (χ0n) is 22.4. The first kappa shape index (κ1) is 29.4. The highest BCUT2D eigenvalue weighted by Crippen LogP contribution is 2.52. The quantitative estimate of drug-likeness (QED) is 0.155. The molecule has 0 heterocycles. The second kappa shape index (κ2) is 12.4. The molecule has 7 heteroatoms. The summed E-state index contributed by atoms with van der Waals surface area (Å²) in [7, 11) is 1.27. The zero-order chi connectivity index (χ0) is 27.1. The Hall–Kier alpha value is -2.86. The first-order chi connectivity index (χ1) is 16.9. The predicted molar refractivity (Wildman–Crippen MR) is 146 cm³/mol. The summed E-state index contributed by atoms with van der Waals surface area (Å²) in [6.07, 6.45) is 5.53. The van der Waals surface area contributed by atoms with Crippen LogP contribution in [0.2, 0.25) is 0 Å². The monoisotopic (exact) mass is 514 g/mol. The molecule has 0 saturated heterocycles. The SMILES string of the molecule is C=C(C(=O)OC)C(Cl)=N/C(=C\C)C(=C)CCC1(CCC)Cc2ccccc2[C@H]1NC(=O)OC(C)(C)C. The molecule has 0 saturated carbocycles. The minimum absolute atomic E-state index is 0.0124. The fraction of sp³-hybridized carbons (Fsp3) is 0.483. The third-order valence-electron chi connectivity index (χ3n) is 6.39. The molecular formula is C29H39ClN2O4. The molecular weight excluding hydrogens is 476 g/mol. The second-order valence-electron chi connectivity index (χ2n) is 10.2. The van der Waals surface area contributed by atoms with Crippen LogP contribution in [-0.4, -0.2) is 29.9 Å². The molecule has 1 aromatic rings. The van der Waals surface area contributed by atoms with E-state index in [1.165, 1.54) is 12.7 Å². The number of amides is 1. The van der Waals surface area contributed by atoms with E-state index < -0.39 is 17.7 Å². The third kappa shape index (κ3) is 7.33. The number of nitrogens with zero attached hydrogens (tertiary/aromatic N) is 1. The number of aliphatic imine (C=N–C) groups is 1. The third-order valence-corrected chi connectivity index (χ3v) is 6.70. The Kier molecular flexibility index (Phi) is 10.1. The van der Waals surface area contributed by atoms with Crippen molar-refractivity contribution in [3.63, 3.8) is 0 Å². The van der Waals surface area contributed by atoms with E-state index in [9.17, 15) is 9.59 Å². The van der Waals surface area contributed by atoms with Crippen LogP contribution in [0.1, 0.15) is 77.5 Å². The summed E-state index contributed by atoms with van der Waals surface area (Å²) in [5.41, 5.74) is 2.93. The molecule has 0 aliphatic heterocycles. The second-order valence-corrected chi connectivity index (χ2v) is 10.6. The van der Waals surface area contributed by atoms with E-state index in [4.69, 9.17) is 16.3 Å². The van der Waals surface area contributed by atoms with E-state index in [0.717, 1.165) is 36.8 Å². The molecule has 0 aromatic heterocycles. The fourth-order valence-electron chi connectivity index (χ4n) is 4.79. The van der Waals surface area contributed by atoms with Crippen molar-refractivity contribution in [3.8, 4) is 0 Å². The smallest absolute Gasteiger partial charge is 0.408 e. The van der Waals surface area contributed by atoms with E-state index in [0.29, 0.717) is 12.1 Å². The summed E-state index contributed by atoms with van der Waals surface area (Å²) in [6, 6.07) is 8.07. The topological polar surface area (TPSA) is 77.0 Å². The van der Waals surface area contributed by atoms with Crippen LogP contribution in [0.5, 0.6) is 0 Å². The van der Waals surface area contributed by atoms with Crippen molar-refractivity contribution in [2.45, 2.75) is 78.4 Å². The number of halogens is 1. The Balaban J connectivity index is 2.31. The van der Waals surface area contributed by atoms with Gasteiger partial charge in [0.25, 0.3) is 0 Å². The van der Waals surface area contributed by atoms with Crippen molar-refractivity contribution in [2.24, 2.45) is 10.4 Å². The standard InChI is InChI=1S/C29H39ClN2O4/c1-9-16-29(17-15-19(3)23(10-2)31-25(30)20(4)26(33)35-8)18-21-13-11-12-14-22(21)24(29)32-27(34)36-28(5,6)7/h10-14,24H,3-4,9,15-18H2,1-2,5-8H3,(H,32,34)/b23-10-,31-25?/t24-,29?/m1/s1. The highest BCUT2D eigenvalue weighted by molar-refractivity contribution is 6.72. The molecule has 0 spiro atoms. The average molecular weight is 515 g/mol. The lowest BCUT2D eigenvalue weighted by Crippen LogP contribution is -2.41. The van der Waals surface area contributed by atoms with Crippen molar-refractivity contribution < 1.29 is 19.1 Å². The van der Waals surface area contributed by atoms with Gasteiger partial charge >= 0.3 is 12.1 Å². The largest absolute Gasteiger partial charge is 0.465 e. The Morgan fingerprint density at radius 3 is 2.50 bits per heavy atom. The summed E-state index contributed by atoms with van der Waals surface area (Å²) in [4.78, 5) is 29.0. The normalized spacial score (nSPS) is 19.9. The van der Waals surface area contributed by atoms with Gasteiger partial charge in [-0.2, -0.15) is 0 Å². The maximum atomic E-state index is 12.8. The number of rotatable bonds is 10. The molecule has 0 fully saturated rings. The predicted octanol–water partition coefficient (Wildman–Crippen LogP) is 7.20.